The SMILES string of the molecule is O=C(COC(=O)CN1C(=O)[C@H]2CC=CC[C@@H]2C1=O)Nc1ccc(F)cc1F. The van der Waals surface area contributed by atoms with Gasteiger partial charge in [-0.3, -0.25) is 24.1 Å². The van der Waals surface area contributed by atoms with Crippen molar-refractivity contribution in [1.82, 2.24) is 4.90 Å². The van der Waals surface area contributed by atoms with Crippen molar-refractivity contribution < 1.29 is 32.7 Å². The average molecular weight is 378 g/mol. The molecule has 1 N–H and O–H groups in total. The molecule has 1 aliphatic carbocycles. The van der Waals surface area contributed by atoms with E-state index in [-0.39, 0.29) is 5.69 Å². The van der Waals surface area contributed by atoms with Gasteiger partial charge in [0.15, 0.2) is 6.61 Å². The highest BCUT2D eigenvalue weighted by Crippen LogP contribution is 2.34. The summed E-state index contributed by atoms with van der Waals surface area (Å²) < 4.78 is 31.0. The third-order valence-electron chi connectivity index (χ3n) is 4.46. The zero-order chi connectivity index (χ0) is 19.6. The van der Waals surface area contributed by atoms with Gasteiger partial charge in [0.2, 0.25) is 11.8 Å². The van der Waals surface area contributed by atoms with Crippen molar-refractivity contribution in [3.63, 3.8) is 0 Å². The average Bonchev–Trinajstić information content (AvgIpc) is 2.88. The van der Waals surface area contributed by atoms with E-state index in [9.17, 15) is 28.0 Å². The summed E-state index contributed by atoms with van der Waals surface area (Å²) in [6, 6.07) is 2.59. The van der Waals surface area contributed by atoms with Gasteiger partial charge in [-0.1, -0.05) is 12.2 Å². The minimum Gasteiger partial charge on any atom is -0.454 e. The van der Waals surface area contributed by atoms with Gasteiger partial charge in [0.05, 0.1) is 17.5 Å². The minimum absolute atomic E-state index is 0.265. The third kappa shape index (κ3) is 4.02. The molecule has 1 fully saturated rings. The lowest BCUT2D eigenvalue weighted by Crippen LogP contribution is -2.37. The van der Waals surface area contributed by atoms with Crippen LogP contribution in [0, 0.1) is 23.5 Å². The number of anilines is 1. The first-order valence-corrected chi connectivity index (χ1v) is 8.27. The Kier molecular flexibility index (Phi) is 5.29. The van der Waals surface area contributed by atoms with E-state index in [0.29, 0.717) is 18.9 Å². The molecule has 1 aromatic rings. The lowest BCUT2D eigenvalue weighted by Gasteiger charge is -2.14. The van der Waals surface area contributed by atoms with E-state index in [0.717, 1.165) is 17.0 Å². The molecule has 1 saturated heterocycles. The number of esters is 1. The number of nitrogens with one attached hydrogen (secondary N) is 1. The molecule has 0 unspecified atom stereocenters. The number of allylic oxidation sites excluding steroid dienone is 2. The zero-order valence-corrected chi connectivity index (χ0v) is 14.1. The summed E-state index contributed by atoms with van der Waals surface area (Å²) >= 11 is 0. The molecular weight excluding hydrogens is 362 g/mol. The largest absolute Gasteiger partial charge is 0.454 e. The highest BCUT2D eigenvalue weighted by atomic mass is 19.1. The van der Waals surface area contributed by atoms with Crippen LogP contribution in [0.5, 0.6) is 0 Å². The van der Waals surface area contributed by atoms with Gasteiger partial charge in [0.25, 0.3) is 5.91 Å². The number of benzene rings is 1. The van der Waals surface area contributed by atoms with Gasteiger partial charge >= 0.3 is 5.97 Å². The molecule has 142 valence electrons. The van der Waals surface area contributed by atoms with Crippen molar-refractivity contribution in [3.05, 3.63) is 42.0 Å². The van der Waals surface area contributed by atoms with Crippen LogP contribution in [0.1, 0.15) is 12.8 Å². The molecule has 2 atom stereocenters. The van der Waals surface area contributed by atoms with E-state index >= 15 is 0 Å². The minimum atomic E-state index is -0.973. The standard InChI is InChI=1S/C18H16F2N2O5/c19-10-5-6-14(13(20)7-10)21-15(23)9-27-16(24)8-22-17(25)11-3-1-2-4-12(11)18(22)26/h1-2,5-7,11-12H,3-4,8-9H2,(H,21,23)/t11-,12-/m0/s1. The van der Waals surface area contributed by atoms with Crippen LogP contribution in [-0.2, 0) is 23.9 Å². The Morgan fingerprint density at radius 1 is 1.11 bits per heavy atom. The van der Waals surface area contributed by atoms with E-state index in [2.05, 4.69) is 5.32 Å². The molecule has 7 nitrogen and oxygen atoms in total. The third-order valence-corrected chi connectivity index (χ3v) is 4.46. The maximum Gasteiger partial charge on any atom is 0.326 e. The van der Waals surface area contributed by atoms with E-state index in [1.807, 2.05) is 12.2 Å². The number of amides is 3. The number of carbonyl (C=O) groups is 4. The van der Waals surface area contributed by atoms with Crippen LogP contribution in [0.4, 0.5) is 14.5 Å². The zero-order valence-electron chi connectivity index (χ0n) is 14.1. The number of hydrogen-bond donors (Lipinski definition) is 1. The second-order valence-electron chi connectivity index (χ2n) is 6.25. The second kappa shape index (κ2) is 7.65. The summed E-state index contributed by atoms with van der Waals surface area (Å²) in [6.07, 6.45) is 4.55. The molecular formula is C18H16F2N2O5. The number of rotatable bonds is 5. The van der Waals surface area contributed by atoms with Crippen LogP contribution in [0.2, 0.25) is 0 Å². The highest BCUT2D eigenvalue weighted by molar-refractivity contribution is 6.07. The number of hydrogen-bond acceptors (Lipinski definition) is 5. The first-order valence-electron chi connectivity index (χ1n) is 8.27. The van der Waals surface area contributed by atoms with E-state index < -0.39 is 60.3 Å². The second-order valence-corrected chi connectivity index (χ2v) is 6.25. The maximum atomic E-state index is 13.5. The number of carbonyl (C=O) groups excluding carboxylic acids is 4. The molecule has 0 saturated carbocycles. The van der Waals surface area contributed by atoms with E-state index in [4.69, 9.17) is 4.74 Å². The number of nitrogens with zero attached hydrogens (tertiary/aromatic N) is 1. The molecule has 0 radical (unpaired) electrons. The van der Waals surface area contributed by atoms with Gasteiger partial charge in [-0.2, -0.15) is 0 Å². The Balaban J connectivity index is 1.50. The molecule has 0 bridgehead atoms. The molecule has 1 aromatic carbocycles. The molecule has 9 heteroatoms. The molecule has 2 aliphatic rings. The van der Waals surface area contributed by atoms with Crippen molar-refractivity contribution in [2.24, 2.45) is 11.8 Å². The van der Waals surface area contributed by atoms with Gasteiger partial charge < -0.3 is 10.1 Å². The highest BCUT2D eigenvalue weighted by Gasteiger charge is 2.47. The van der Waals surface area contributed by atoms with Gasteiger partial charge in [-0.05, 0) is 25.0 Å². The Morgan fingerprint density at radius 3 is 2.33 bits per heavy atom. The van der Waals surface area contributed by atoms with Crippen LogP contribution in [0.3, 0.4) is 0 Å². The quantitative estimate of drug-likeness (QED) is 0.475. The van der Waals surface area contributed by atoms with Crippen LogP contribution in [0.15, 0.2) is 30.4 Å². The molecule has 0 aromatic heterocycles. The Hall–Kier alpha value is -3.10. The first kappa shape index (κ1) is 18.7. The fourth-order valence-electron chi connectivity index (χ4n) is 3.12. The van der Waals surface area contributed by atoms with Crippen LogP contribution >= 0.6 is 0 Å². The molecule has 1 heterocycles. The van der Waals surface area contributed by atoms with Gasteiger partial charge in [0.1, 0.15) is 18.2 Å². The lowest BCUT2D eigenvalue weighted by atomic mass is 9.85. The Morgan fingerprint density at radius 2 is 1.74 bits per heavy atom. The lowest BCUT2D eigenvalue weighted by molar-refractivity contribution is -0.154. The number of halogens is 2. The fraction of sp³-hybridized carbons (Fsp3) is 0.333. The van der Waals surface area contributed by atoms with Gasteiger partial charge in [-0.15, -0.1) is 0 Å². The molecule has 3 rings (SSSR count). The number of imide groups is 1. The fourth-order valence-corrected chi connectivity index (χ4v) is 3.12. The van der Waals surface area contributed by atoms with Crippen molar-refractivity contribution >= 4 is 29.4 Å². The smallest absolute Gasteiger partial charge is 0.326 e. The van der Waals surface area contributed by atoms with Crippen molar-refractivity contribution in [2.75, 3.05) is 18.5 Å². The Bertz CT molecular complexity index is 813. The van der Waals surface area contributed by atoms with Crippen LogP contribution in [-0.4, -0.2) is 41.7 Å². The van der Waals surface area contributed by atoms with Crippen molar-refractivity contribution in [1.29, 1.82) is 0 Å². The number of likely N-dealkylation sites (tertiary alicyclic amines) is 1. The molecule has 27 heavy (non-hydrogen) atoms. The monoisotopic (exact) mass is 378 g/mol. The van der Waals surface area contributed by atoms with E-state index in [1.54, 1.807) is 0 Å². The predicted octanol–water partition coefficient (Wildman–Crippen LogP) is 1.40. The van der Waals surface area contributed by atoms with Crippen molar-refractivity contribution in [2.45, 2.75) is 12.8 Å². The van der Waals surface area contributed by atoms with E-state index in [1.165, 1.54) is 0 Å². The molecule has 3 amide bonds. The normalized spacial score (nSPS) is 21.2. The summed E-state index contributed by atoms with van der Waals surface area (Å²) in [6.45, 7) is -1.32. The maximum absolute atomic E-state index is 13.5. The predicted molar refractivity (Wildman–Crippen MR) is 88.0 cm³/mol. The van der Waals surface area contributed by atoms with Gasteiger partial charge in [-0.25, -0.2) is 8.78 Å². The summed E-state index contributed by atoms with van der Waals surface area (Å²) in [7, 11) is 0. The van der Waals surface area contributed by atoms with Crippen molar-refractivity contribution in [3.8, 4) is 0 Å². The topological polar surface area (TPSA) is 92.8 Å². The summed E-state index contributed by atoms with van der Waals surface area (Å²) in [5, 5.41) is 2.13. The summed E-state index contributed by atoms with van der Waals surface area (Å²) in [4.78, 5) is 48.9. The van der Waals surface area contributed by atoms with Gasteiger partial charge in [0, 0.05) is 6.07 Å². The number of ether oxygens (including phenoxy) is 1. The summed E-state index contributed by atoms with van der Waals surface area (Å²) in [5.41, 5.74) is -0.265. The first-order chi connectivity index (χ1) is 12.9. The van der Waals surface area contributed by atoms with Crippen LogP contribution in [0.25, 0.3) is 0 Å². The number of fused-ring (bicyclic) bond motifs is 1. The summed E-state index contributed by atoms with van der Waals surface area (Å²) in [5.74, 6) is -5.32. The van der Waals surface area contributed by atoms with Crippen LogP contribution < -0.4 is 5.32 Å². The molecule has 0 spiro atoms. The molecule has 1 aliphatic heterocycles. The Labute approximate surface area is 153 Å².